The van der Waals surface area contributed by atoms with Gasteiger partial charge in [0.2, 0.25) is 0 Å². The third kappa shape index (κ3) is 4.34. The lowest BCUT2D eigenvalue weighted by atomic mass is 9.96. The normalized spacial score (nSPS) is 14.6. The molecule has 0 N–H and O–H groups in total. The van der Waals surface area contributed by atoms with Crippen molar-refractivity contribution in [3.05, 3.63) is 28.8 Å². The van der Waals surface area contributed by atoms with Gasteiger partial charge in [-0.2, -0.15) is 0 Å². The third-order valence-electron chi connectivity index (χ3n) is 2.54. The van der Waals surface area contributed by atoms with Crippen molar-refractivity contribution in [1.29, 1.82) is 0 Å². The van der Waals surface area contributed by atoms with Gasteiger partial charge in [-0.15, -0.1) is 0 Å². The summed E-state index contributed by atoms with van der Waals surface area (Å²) < 4.78 is 5.34. The molecule has 0 aliphatic rings. The molecule has 0 bridgehead atoms. The van der Waals surface area contributed by atoms with Gasteiger partial charge in [0, 0.05) is 9.85 Å². The average Bonchev–Trinajstić information content (AvgIpc) is 2.16. The summed E-state index contributed by atoms with van der Waals surface area (Å²) >= 11 is 9.58. The Labute approximate surface area is 111 Å². The van der Waals surface area contributed by atoms with E-state index >= 15 is 0 Å². The van der Waals surface area contributed by atoms with Gasteiger partial charge in [-0.05, 0) is 42.5 Å². The number of hydrogen-bond acceptors (Lipinski definition) is 1. The largest absolute Gasteiger partial charge is 0.496 e. The first-order valence-electron chi connectivity index (χ1n) is 5.49. The highest BCUT2D eigenvalue weighted by molar-refractivity contribution is 9.09. The number of ether oxygens (including phenoxy) is 1. The monoisotopic (exact) mass is 304 g/mol. The van der Waals surface area contributed by atoms with E-state index in [-0.39, 0.29) is 0 Å². The summed E-state index contributed by atoms with van der Waals surface area (Å²) in [5, 5.41) is 0.773. The Hall–Kier alpha value is -0.210. The number of methoxy groups -OCH3 is 1. The van der Waals surface area contributed by atoms with Crippen LogP contribution in [0.5, 0.6) is 5.75 Å². The number of alkyl halides is 1. The van der Waals surface area contributed by atoms with Gasteiger partial charge in [-0.25, -0.2) is 0 Å². The Balaban J connectivity index is 2.74. The van der Waals surface area contributed by atoms with Gasteiger partial charge in [0.15, 0.2) is 0 Å². The highest BCUT2D eigenvalue weighted by Gasteiger charge is 2.11. The number of hydrogen-bond donors (Lipinski definition) is 0. The average molecular weight is 306 g/mol. The number of benzene rings is 1. The van der Waals surface area contributed by atoms with E-state index in [0.717, 1.165) is 23.6 Å². The van der Waals surface area contributed by atoms with Crippen LogP contribution in [0.3, 0.4) is 0 Å². The minimum atomic E-state index is 0.549. The van der Waals surface area contributed by atoms with E-state index in [1.165, 1.54) is 5.56 Å². The van der Waals surface area contributed by atoms with Crippen molar-refractivity contribution in [2.24, 2.45) is 5.92 Å². The van der Waals surface area contributed by atoms with Crippen molar-refractivity contribution in [2.45, 2.75) is 31.5 Å². The zero-order valence-corrected chi connectivity index (χ0v) is 12.3. The standard InChI is InChI=1S/C13H18BrClO/c1-9(6-10(2)14)7-11-8-12(15)4-5-13(11)16-3/h4-5,8-10H,6-7H2,1-3H3. The van der Waals surface area contributed by atoms with Crippen LogP contribution in [0.2, 0.25) is 5.02 Å². The smallest absolute Gasteiger partial charge is 0.122 e. The highest BCUT2D eigenvalue weighted by atomic mass is 79.9. The van der Waals surface area contributed by atoms with Crippen LogP contribution in [0.15, 0.2) is 18.2 Å². The maximum Gasteiger partial charge on any atom is 0.122 e. The lowest BCUT2D eigenvalue weighted by Crippen LogP contribution is -2.06. The first-order valence-corrected chi connectivity index (χ1v) is 6.78. The van der Waals surface area contributed by atoms with E-state index in [9.17, 15) is 0 Å². The molecule has 2 unspecified atom stereocenters. The van der Waals surface area contributed by atoms with Crippen LogP contribution in [0.25, 0.3) is 0 Å². The molecule has 0 radical (unpaired) electrons. The third-order valence-corrected chi connectivity index (χ3v) is 3.15. The number of rotatable bonds is 5. The summed E-state index contributed by atoms with van der Waals surface area (Å²) in [4.78, 5) is 0.549. The van der Waals surface area contributed by atoms with E-state index in [2.05, 4.69) is 29.8 Å². The molecule has 0 heterocycles. The second-order valence-electron chi connectivity index (χ2n) is 4.28. The Morgan fingerprint density at radius 1 is 1.38 bits per heavy atom. The molecule has 0 aliphatic heterocycles. The lowest BCUT2D eigenvalue weighted by molar-refractivity contribution is 0.404. The topological polar surface area (TPSA) is 9.23 Å². The minimum absolute atomic E-state index is 0.549. The molecule has 0 aromatic heterocycles. The van der Waals surface area contributed by atoms with Crippen molar-refractivity contribution < 1.29 is 4.74 Å². The summed E-state index contributed by atoms with van der Waals surface area (Å²) in [6.45, 7) is 4.42. The SMILES string of the molecule is COc1ccc(Cl)cc1CC(C)CC(C)Br. The summed E-state index contributed by atoms with van der Waals surface area (Å²) in [7, 11) is 1.70. The Bertz CT molecular complexity index is 339. The second kappa shape index (κ2) is 6.51. The predicted molar refractivity (Wildman–Crippen MR) is 73.9 cm³/mol. The van der Waals surface area contributed by atoms with Gasteiger partial charge in [0.1, 0.15) is 5.75 Å². The van der Waals surface area contributed by atoms with Crippen LogP contribution >= 0.6 is 27.5 Å². The van der Waals surface area contributed by atoms with Crippen molar-refractivity contribution in [1.82, 2.24) is 0 Å². The van der Waals surface area contributed by atoms with Crippen molar-refractivity contribution in [3.8, 4) is 5.75 Å². The van der Waals surface area contributed by atoms with E-state index in [4.69, 9.17) is 16.3 Å². The van der Waals surface area contributed by atoms with E-state index < -0.39 is 0 Å². The molecule has 0 amide bonds. The molecule has 1 nitrogen and oxygen atoms in total. The molecule has 0 saturated carbocycles. The fraction of sp³-hybridized carbons (Fsp3) is 0.538. The maximum absolute atomic E-state index is 6.00. The van der Waals surface area contributed by atoms with Crippen molar-refractivity contribution in [2.75, 3.05) is 7.11 Å². The highest BCUT2D eigenvalue weighted by Crippen LogP contribution is 2.27. The molecule has 0 spiro atoms. The van der Waals surface area contributed by atoms with Crippen molar-refractivity contribution in [3.63, 3.8) is 0 Å². The van der Waals surface area contributed by atoms with Crippen LogP contribution < -0.4 is 4.74 Å². The molecule has 3 heteroatoms. The summed E-state index contributed by atoms with van der Waals surface area (Å²) in [6.07, 6.45) is 2.15. The van der Waals surface area contributed by atoms with Gasteiger partial charge < -0.3 is 4.74 Å². The first kappa shape index (κ1) is 13.9. The molecular formula is C13H18BrClO. The van der Waals surface area contributed by atoms with Crippen molar-refractivity contribution >= 4 is 27.5 Å². The zero-order valence-electron chi connectivity index (χ0n) is 9.97. The minimum Gasteiger partial charge on any atom is -0.496 e. The first-order chi connectivity index (χ1) is 7.52. The van der Waals surface area contributed by atoms with Gasteiger partial charge >= 0.3 is 0 Å². The van der Waals surface area contributed by atoms with Gasteiger partial charge in [-0.1, -0.05) is 41.4 Å². The lowest BCUT2D eigenvalue weighted by Gasteiger charge is -2.15. The molecule has 0 aliphatic carbocycles. The predicted octanol–water partition coefficient (Wildman–Crippen LogP) is 4.70. The van der Waals surface area contributed by atoms with Gasteiger partial charge in [0.25, 0.3) is 0 Å². The molecule has 1 aromatic rings. The molecular weight excluding hydrogens is 287 g/mol. The Kier molecular flexibility index (Phi) is 5.63. The van der Waals surface area contributed by atoms with Crippen LogP contribution in [0, 0.1) is 5.92 Å². The van der Waals surface area contributed by atoms with Gasteiger partial charge in [-0.3, -0.25) is 0 Å². The number of halogens is 2. The molecule has 16 heavy (non-hydrogen) atoms. The molecule has 90 valence electrons. The quantitative estimate of drug-likeness (QED) is 0.716. The van der Waals surface area contributed by atoms with Crippen LogP contribution in [0.4, 0.5) is 0 Å². The van der Waals surface area contributed by atoms with Crippen LogP contribution in [-0.4, -0.2) is 11.9 Å². The summed E-state index contributed by atoms with van der Waals surface area (Å²) in [5.41, 5.74) is 1.19. The van der Waals surface area contributed by atoms with E-state index in [1.807, 2.05) is 18.2 Å². The molecule has 2 atom stereocenters. The summed E-state index contributed by atoms with van der Waals surface area (Å²) in [6, 6.07) is 5.79. The molecule has 1 rings (SSSR count). The molecule has 1 aromatic carbocycles. The maximum atomic E-state index is 6.00. The van der Waals surface area contributed by atoms with E-state index in [1.54, 1.807) is 7.11 Å². The van der Waals surface area contributed by atoms with Crippen LogP contribution in [0.1, 0.15) is 25.8 Å². The second-order valence-corrected chi connectivity index (χ2v) is 6.28. The zero-order chi connectivity index (χ0) is 12.1. The Morgan fingerprint density at radius 3 is 2.62 bits per heavy atom. The van der Waals surface area contributed by atoms with Crippen LogP contribution in [-0.2, 0) is 6.42 Å². The van der Waals surface area contributed by atoms with E-state index in [0.29, 0.717) is 10.7 Å². The fourth-order valence-corrected chi connectivity index (χ4v) is 2.75. The molecule has 0 saturated heterocycles. The molecule has 0 fully saturated rings. The Morgan fingerprint density at radius 2 is 2.06 bits per heavy atom. The fourth-order valence-electron chi connectivity index (χ4n) is 1.92. The van der Waals surface area contributed by atoms with Gasteiger partial charge in [0.05, 0.1) is 7.11 Å². The summed E-state index contributed by atoms with van der Waals surface area (Å²) in [5.74, 6) is 1.54.